The van der Waals surface area contributed by atoms with E-state index < -0.39 is 0 Å². The first-order chi connectivity index (χ1) is 9.61. The number of fused-ring (bicyclic) bond motifs is 1. The van der Waals surface area contributed by atoms with Crippen LogP contribution in [0.3, 0.4) is 0 Å². The molecule has 0 atom stereocenters. The lowest BCUT2D eigenvalue weighted by Gasteiger charge is -2.08. The van der Waals surface area contributed by atoms with Gasteiger partial charge in [0.2, 0.25) is 5.88 Å². The predicted octanol–water partition coefficient (Wildman–Crippen LogP) is 2.88. The lowest BCUT2D eigenvalue weighted by molar-refractivity contribution is 0.399. The molecule has 0 saturated carbocycles. The van der Waals surface area contributed by atoms with Crippen molar-refractivity contribution in [2.24, 2.45) is 7.05 Å². The highest BCUT2D eigenvalue weighted by molar-refractivity contribution is 6.38. The third-order valence-electron chi connectivity index (χ3n) is 3.26. The van der Waals surface area contributed by atoms with Gasteiger partial charge in [-0.15, -0.1) is 0 Å². The Labute approximate surface area is 120 Å². The van der Waals surface area contributed by atoms with Crippen molar-refractivity contribution in [1.82, 2.24) is 14.8 Å². The average Bonchev–Trinajstić information content (AvgIpc) is 2.79. The maximum Gasteiger partial charge on any atom is 0.213 e. The molecular weight excluding hydrogens is 276 g/mol. The first kappa shape index (κ1) is 12.7. The fraction of sp³-hybridized carbons (Fsp3) is 0.143. The number of rotatable bonds is 2. The monoisotopic (exact) mass is 288 g/mol. The SMILES string of the molecule is COc1ccc2c(Cl)c(-c3cnn(C)c3N)ccc2n1. The summed E-state index contributed by atoms with van der Waals surface area (Å²) in [5, 5.41) is 5.60. The van der Waals surface area contributed by atoms with E-state index in [1.807, 2.05) is 18.2 Å². The van der Waals surface area contributed by atoms with Gasteiger partial charge in [-0.25, -0.2) is 4.98 Å². The molecule has 1 aromatic carbocycles. The van der Waals surface area contributed by atoms with Gasteiger partial charge in [0.05, 0.1) is 23.8 Å². The summed E-state index contributed by atoms with van der Waals surface area (Å²) in [6.07, 6.45) is 1.71. The van der Waals surface area contributed by atoms with Gasteiger partial charge in [0.15, 0.2) is 0 Å². The van der Waals surface area contributed by atoms with Crippen LogP contribution in [0.25, 0.3) is 22.0 Å². The van der Waals surface area contributed by atoms with Gasteiger partial charge in [-0.1, -0.05) is 17.7 Å². The van der Waals surface area contributed by atoms with Crippen molar-refractivity contribution in [1.29, 1.82) is 0 Å². The molecule has 0 aliphatic carbocycles. The van der Waals surface area contributed by atoms with Crippen LogP contribution in [-0.2, 0) is 7.05 Å². The Morgan fingerprint density at radius 2 is 2.00 bits per heavy atom. The standard InChI is InChI=1S/C14H13ClN4O/c1-19-14(16)10(7-17-19)8-3-5-11-9(13(8)15)4-6-12(18-11)20-2/h3-7H,16H2,1-2H3. The number of aromatic nitrogens is 3. The number of hydrogen-bond acceptors (Lipinski definition) is 4. The molecule has 0 saturated heterocycles. The van der Waals surface area contributed by atoms with E-state index in [0.717, 1.165) is 22.0 Å². The Bertz CT molecular complexity index is 797. The first-order valence-electron chi connectivity index (χ1n) is 6.03. The molecule has 0 unspecified atom stereocenters. The molecule has 102 valence electrons. The van der Waals surface area contributed by atoms with E-state index in [1.54, 1.807) is 31.1 Å². The zero-order valence-corrected chi connectivity index (χ0v) is 11.8. The summed E-state index contributed by atoms with van der Waals surface area (Å²) in [6, 6.07) is 7.46. The minimum atomic E-state index is 0.558. The zero-order valence-electron chi connectivity index (χ0n) is 11.1. The summed E-state index contributed by atoms with van der Waals surface area (Å²) >= 11 is 6.48. The van der Waals surface area contributed by atoms with Crippen molar-refractivity contribution in [2.45, 2.75) is 0 Å². The van der Waals surface area contributed by atoms with Gasteiger partial charge < -0.3 is 10.5 Å². The number of halogens is 1. The molecule has 0 aliphatic rings. The van der Waals surface area contributed by atoms with Crippen LogP contribution in [0, 0.1) is 0 Å². The number of ether oxygens (including phenoxy) is 1. The Kier molecular flexibility index (Phi) is 2.99. The molecular formula is C14H13ClN4O. The average molecular weight is 289 g/mol. The highest BCUT2D eigenvalue weighted by Crippen LogP contribution is 2.36. The fourth-order valence-electron chi connectivity index (χ4n) is 2.13. The van der Waals surface area contributed by atoms with E-state index in [1.165, 1.54) is 0 Å². The maximum atomic E-state index is 6.48. The molecule has 0 amide bonds. The lowest BCUT2D eigenvalue weighted by Crippen LogP contribution is -1.98. The number of nitrogens with two attached hydrogens (primary N) is 1. The van der Waals surface area contributed by atoms with Crippen molar-refractivity contribution >= 4 is 28.3 Å². The number of pyridine rings is 1. The van der Waals surface area contributed by atoms with Crippen molar-refractivity contribution in [3.63, 3.8) is 0 Å². The number of nitrogens with zero attached hydrogens (tertiary/aromatic N) is 3. The number of aryl methyl sites for hydroxylation is 1. The summed E-state index contributed by atoms with van der Waals surface area (Å²) in [6.45, 7) is 0. The molecule has 20 heavy (non-hydrogen) atoms. The van der Waals surface area contributed by atoms with Gasteiger partial charge in [-0.05, 0) is 12.1 Å². The highest BCUT2D eigenvalue weighted by atomic mass is 35.5. The van der Waals surface area contributed by atoms with Crippen LogP contribution >= 0.6 is 11.6 Å². The molecule has 0 fully saturated rings. The Morgan fingerprint density at radius 3 is 2.65 bits per heavy atom. The summed E-state index contributed by atoms with van der Waals surface area (Å²) in [7, 11) is 3.38. The third kappa shape index (κ3) is 1.87. The van der Waals surface area contributed by atoms with Gasteiger partial charge >= 0.3 is 0 Å². The van der Waals surface area contributed by atoms with Gasteiger partial charge in [0, 0.05) is 29.6 Å². The second-order valence-corrected chi connectivity index (χ2v) is 4.79. The quantitative estimate of drug-likeness (QED) is 0.787. The molecule has 0 bridgehead atoms. The molecule has 3 rings (SSSR count). The minimum absolute atomic E-state index is 0.558. The molecule has 0 aliphatic heterocycles. The van der Waals surface area contributed by atoms with E-state index >= 15 is 0 Å². The number of methoxy groups -OCH3 is 1. The van der Waals surface area contributed by atoms with Crippen LogP contribution < -0.4 is 10.5 Å². The molecule has 5 nitrogen and oxygen atoms in total. The normalized spacial score (nSPS) is 10.9. The molecule has 2 heterocycles. The molecule has 3 aromatic rings. The van der Waals surface area contributed by atoms with E-state index in [-0.39, 0.29) is 0 Å². The van der Waals surface area contributed by atoms with Crippen LogP contribution in [0.15, 0.2) is 30.5 Å². The summed E-state index contributed by atoms with van der Waals surface area (Å²) < 4.78 is 6.73. The Hall–Kier alpha value is -2.27. The molecule has 0 spiro atoms. The van der Waals surface area contributed by atoms with E-state index in [0.29, 0.717) is 16.7 Å². The fourth-order valence-corrected chi connectivity index (χ4v) is 2.45. The Balaban J connectivity index is 2.24. The molecule has 2 N–H and O–H groups in total. The van der Waals surface area contributed by atoms with Crippen LogP contribution in [0.5, 0.6) is 5.88 Å². The van der Waals surface area contributed by atoms with Crippen LogP contribution in [0.1, 0.15) is 0 Å². The van der Waals surface area contributed by atoms with E-state index in [9.17, 15) is 0 Å². The molecule has 0 radical (unpaired) electrons. The third-order valence-corrected chi connectivity index (χ3v) is 3.67. The smallest absolute Gasteiger partial charge is 0.213 e. The summed E-state index contributed by atoms with van der Waals surface area (Å²) in [5.41, 5.74) is 8.44. The van der Waals surface area contributed by atoms with Crippen molar-refractivity contribution < 1.29 is 4.74 Å². The number of benzene rings is 1. The Morgan fingerprint density at radius 1 is 1.20 bits per heavy atom. The van der Waals surface area contributed by atoms with E-state index in [4.69, 9.17) is 22.1 Å². The first-order valence-corrected chi connectivity index (χ1v) is 6.40. The van der Waals surface area contributed by atoms with Gasteiger partial charge in [0.1, 0.15) is 5.82 Å². The lowest BCUT2D eigenvalue weighted by atomic mass is 10.1. The second kappa shape index (κ2) is 4.68. The van der Waals surface area contributed by atoms with Crippen LogP contribution in [0.2, 0.25) is 5.02 Å². The molecule has 2 aromatic heterocycles. The largest absolute Gasteiger partial charge is 0.481 e. The van der Waals surface area contributed by atoms with Gasteiger partial charge in [-0.3, -0.25) is 4.68 Å². The summed E-state index contributed by atoms with van der Waals surface area (Å²) in [5.74, 6) is 1.13. The summed E-state index contributed by atoms with van der Waals surface area (Å²) in [4.78, 5) is 4.36. The van der Waals surface area contributed by atoms with Gasteiger partial charge in [0.25, 0.3) is 0 Å². The second-order valence-electron chi connectivity index (χ2n) is 4.41. The zero-order chi connectivity index (χ0) is 14.3. The number of anilines is 1. The topological polar surface area (TPSA) is 66.0 Å². The predicted molar refractivity (Wildman–Crippen MR) is 79.9 cm³/mol. The van der Waals surface area contributed by atoms with Crippen LogP contribution in [-0.4, -0.2) is 21.9 Å². The molecule has 6 heteroatoms. The number of nitrogen functional groups attached to an aromatic ring is 1. The highest BCUT2D eigenvalue weighted by Gasteiger charge is 2.14. The van der Waals surface area contributed by atoms with E-state index in [2.05, 4.69) is 10.1 Å². The number of hydrogen-bond donors (Lipinski definition) is 1. The van der Waals surface area contributed by atoms with Crippen LogP contribution in [0.4, 0.5) is 5.82 Å². The van der Waals surface area contributed by atoms with Crippen molar-refractivity contribution in [2.75, 3.05) is 12.8 Å². The maximum absolute atomic E-state index is 6.48. The van der Waals surface area contributed by atoms with Gasteiger partial charge in [-0.2, -0.15) is 5.10 Å². The van der Waals surface area contributed by atoms with Crippen molar-refractivity contribution in [3.05, 3.63) is 35.5 Å². The minimum Gasteiger partial charge on any atom is -0.481 e. The van der Waals surface area contributed by atoms with Crippen molar-refractivity contribution in [3.8, 4) is 17.0 Å².